The summed E-state index contributed by atoms with van der Waals surface area (Å²) >= 11 is 0. The average molecular weight is 408 g/mol. The van der Waals surface area contributed by atoms with Crippen LogP contribution in [-0.4, -0.2) is 34.6 Å². The number of hydrogen-bond donors (Lipinski definition) is 0. The predicted octanol–water partition coefficient (Wildman–Crippen LogP) is 3.59. The van der Waals surface area contributed by atoms with Crippen LogP contribution >= 0.6 is 0 Å². The van der Waals surface area contributed by atoms with Crippen molar-refractivity contribution in [2.45, 2.75) is 24.5 Å². The lowest BCUT2D eigenvalue weighted by atomic mass is 10.1. The molecule has 2 aromatic heterocycles. The third-order valence-electron chi connectivity index (χ3n) is 3.90. The van der Waals surface area contributed by atoms with Gasteiger partial charge in [0.15, 0.2) is 20.7 Å². The van der Waals surface area contributed by atoms with E-state index in [4.69, 9.17) is 0 Å². The number of benzene rings is 1. The summed E-state index contributed by atoms with van der Waals surface area (Å²) in [6.45, 7) is 1.86. The number of aryl methyl sites for hydroxylation is 1. The Morgan fingerprint density at radius 2 is 1.64 bits per heavy atom. The van der Waals surface area contributed by atoms with E-state index in [0.717, 1.165) is 18.4 Å². The van der Waals surface area contributed by atoms with E-state index in [1.165, 1.54) is 30.6 Å². The van der Waals surface area contributed by atoms with Gasteiger partial charge in [-0.2, -0.15) is 13.2 Å². The second-order valence-electron chi connectivity index (χ2n) is 5.97. The van der Waals surface area contributed by atoms with E-state index in [9.17, 15) is 21.6 Å². The van der Waals surface area contributed by atoms with Gasteiger partial charge in [0, 0.05) is 30.3 Å². The van der Waals surface area contributed by atoms with Crippen LogP contribution in [0.5, 0.6) is 0 Å². The van der Waals surface area contributed by atoms with E-state index in [2.05, 4.69) is 19.9 Å². The Morgan fingerprint density at radius 3 is 2.21 bits per heavy atom. The van der Waals surface area contributed by atoms with Gasteiger partial charge >= 0.3 is 6.18 Å². The average Bonchev–Trinajstić information content (AvgIpc) is 2.66. The number of hydrogen-bond acceptors (Lipinski definition) is 6. The van der Waals surface area contributed by atoms with Gasteiger partial charge in [0.05, 0.1) is 17.0 Å². The number of halogens is 3. The van der Waals surface area contributed by atoms with Crippen LogP contribution in [0.4, 0.5) is 13.2 Å². The summed E-state index contributed by atoms with van der Waals surface area (Å²) < 4.78 is 62.5. The van der Waals surface area contributed by atoms with E-state index < -0.39 is 21.6 Å². The highest BCUT2D eigenvalue weighted by Crippen LogP contribution is 2.31. The largest absolute Gasteiger partial charge is 0.416 e. The Labute approximate surface area is 159 Å². The third-order valence-corrected chi connectivity index (χ3v) is 4.87. The topological polar surface area (TPSA) is 85.7 Å². The number of nitrogens with zero attached hydrogens (tertiary/aromatic N) is 4. The van der Waals surface area contributed by atoms with Crippen molar-refractivity contribution in [3.05, 3.63) is 54.0 Å². The first-order chi connectivity index (χ1) is 13.1. The standard InChI is InChI=1S/C18H15F3N4O2S/c1-3-13-16(23-9-8-22-13)14-10-15(28(2,26)27)25-17(24-14)11-4-6-12(7-5-11)18(19,20)21/h4-10H,3H2,1-2H3. The van der Waals surface area contributed by atoms with E-state index >= 15 is 0 Å². The Morgan fingerprint density at radius 1 is 1.00 bits per heavy atom. The molecule has 0 amide bonds. The van der Waals surface area contributed by atoms with Gasteiger partial charge in [-0.15, -0.1) is 0 Å². The van der Waals surface area contributed by atoms with Crippen molar-refractivity contribution in [3.8, 4) is 22.8 Å². The van der Waals surface area contributed by atoms with Crippen molar-refractivity contribution < 1.29 is 21.6 Å². The molecule has 0 fully saturated rings. The molecule has 0 aliphatic rings. The second kappa shape index (κ2) is 7.27. The summed E-state index contributed by atoms with van der Waals surface area (Å²) in [6.07, 6.45) is 0.0190. The van der Waals surface area contributed by atoms with Crippen molar-refractivity contribution in [1.29, 1.82) is 0 Å². The van der Waals surface area contributed by atoms with Gasteiger partial charge < -0.3 is 0 Å². The second-order valence-corrected chi connectivity index (χ2v) is 7.93. The Kier molecular flexibility index (Phi) is 5.16. The summed E-state index contributed by atoms with van der Waals surface area (Å²) in [4.78, 5) is 16.8. The fraction of sp³-hybridized carbons (Fsp3) is 0.222. The minimum absolute atomic E-state index is 0.0145. The SMILES string of the molecule is CCc1nccnc1-c1cc(S(C)(=O)=O)nc(-c2ccc(C(F)(F)F)cc2)n1. The number of alkyl halides is 3. The number of rotatable bonds is 4. The molecule has 6 nitrogen and oxygen atoms in total. The zero-order valence-corrected chi connectivity index (χ0v) is 15.7. The first kappa shape index (κ1) is 19.9. The lowest BCUT2D eigenvalue weighted by Crippen LogP contribution is -2.07. The lowest BCUT2D eigenvalue weighted by molar-refractivity contribution is -0.137. The molecule has 0 unspecified atom stereocenters. The minimum atomic E-state index is -4.48. The van der Waals surface area contributed by atoms with Crippen molar-refractivity contribution in [2.75, 3.05) is 6.26 Å². The summed E-state index contributed by atoms with van der Waals surface area (Å²) in [6, 6.07) is 5.47. The van der Waals surface area contributed by atoms with Crippen molar-refractivity contribution in [1.82, 2.24) is 19.9 Å². The maximum atomic E-state index is 12.8. The molecule has 0 saturated heterocycles. The molecule has 1 aromatic carbocycles. The molecule has 0 aliphatic carbocycles. The Balaban J connectivity index is 2.19. The van der Waals surface area contributed by atoms with Crippen molar-refractivity contribution in [3.63, 3.8) is 0 Å². The molecule has 0 N–H and O–H groups in total. The predicted molar refractivity (Wildman–Crippen MR) is 96.0 cm³/mol. The zero-order valence-electron chi connectivity index (χ0n) is 14.9. The molecular weight excluding hydrogens is 393 g/mol. The number of aromatic nitrogens is 4. The van der Waals surface area contributed by atoms with Crippen LogP contribution in [0, 0.1) is 0 Å². The molecular formula is C18H15F3N4O2S. The van der Waals surface area contributed by atoms with Gasteiger partial charge in [0.1, 0.15) is 5.69 Å². The monoisotopic (exact) mass is 408 g/mol. The normalized spacial score (nSPS) is 12.2. The van der Waals surface area contributed by atoms with Gasteiger partial charge in [-0.3, -0.25) is 9.97 Å². The summed E-state index contributed by atoms with van der Waals surface area (Å²) in [5.74, 6) is -0.0145. The molecule has 0 aliphatic heterocycles. The minimum Gasteiger partial charge on any atom is -0.257 e. The van der Waals surface area contributed by atoms with E-state index in [-0.39, 0.29) is 22.1 Å². The summed E-state index contributed by atoms with van der Waals surface area (Å²) in [5.41, 5.74) is 0.666. The molecule has 0 bridgehead atoms. The quantitative estimate of drug-likeness (QED) is 0.614. The van der Waals surface area contributed by atoms with Gasteiger partial charge in [0.2, 0.25) is 0 Å². The van der Waals surface area contributed by atoms with E-state index in [1.54, 1.807) is 0 Å². The first-order valence-electron chi connectivity index (χ1n) is 8.16. The van der Waals surface area contributed by atoms with Crippen LogP contribution in [0.15, 0.2) is 47.8 Å². The van der Waals surface area contributed by atoms with E-state index in [0.29, 0.717) is 17.8 Å². The van der Waals surface area contributed by atoms with Crippen molar-refractivity contribution in [2.24, 2.45) is 0 Å². The van der Waals surface area contributed by atoms with Crippen LogP contribution in [0.2, 0.25) is 0 Å². The summed E-state index contributed by atoms with van der Waals surface area (Å²) in [5, 5.41) is -0.250. The van der Waals surface area contributed by atoms with Crippen LogP contribution in [0.25, 0.3) is 22.8 Å². The molecule has 0 atom stereocenters. The maximum Gasteiger partial charge on any atom is 0.416 e. The molecule has 10 heteroatoms. The fourth-order valence-electron chi connectivity index (χ4n) is 2.51. The van der Waals surface area contributed by atoms with Crippen molar-refractivity contribution >= 4 is 9.84 Å². The molecule has 146 valence electrons. The van der Waals surface area contributed by atoms with Gasteiger partial charge in [-0.1, -0.05) is 19.1 Å². The fourth-order valence-corrected chi connectivity index (χ4v) is 3.09. The van der Waals surface area contributed by atoms with Gasteiger partial charge in [0.25, 0.3) is 0 Å². The Bertz CT molecular complexity index is 1110. The molecule has 28 heavy (non-hydrogen) atoms. The van der Waals surface area contributed by atoms with Crippen LogP contribution in [0.1, 0.15) is 18.2 Å². The van der Waals surface area contributed by atoms with Gasteiger partial charge in [-0.05, 0) is 18.6 Å². The molecule has 0 saturated carbocycles. The highest BCUT2D eigenvalue weighted by atomic mass is 32.2. The highest BCUT2D eigenvalue weighted by molar-refractivity contribution is 7.90. The highest BCUT2D eigenvalue weighted by Gasteiger charge is 2.30. The van der Waals surface area contributed by atoms with Gasteiger partial charge in [-0.25, -0.2) is 18.4 Å². The van der Waals surface area contributed by atoms with E-state index in [1.807, 2.05) is 6.92 Å². The third kappa shape index (κ3) is 4.16. The van der Waals surface area contributed by atoms with Crippen LogP contribution in [0.3, 0.4) is 0 Å². The Hall–Kier alpha value is -2.88. The molecule has 3 rings (SSSR count). The summed E-state index contributed by atoms with van der Waals surface area (Å²) in [7, 11) is -3.69. The lowest BCUT2D eigenvalue weighted by Gasteiger charge is -2.10. The maximum absolute atomic E-state index is 12.8. The first-order valence-corrected chi connectivity index (χ1v) is 10.1. The molecule has 0 radical (unpaired) electrons. The molecule has 3 aromatic rings. The zero-order chi connectivity index (χ0) is 20.5. The number of sulfone groups is 1. The molecule has 2 heterocycles. The smallest absolute Gasteiger partial charge is 0.257 e. The van der Waals surface area contributed by atoms with Crippen LogP contribution in [-0.2, 0) is 22.4 Å². The van der Waals surface area contributed by atoms with Crippen LogP contribution < -0.4 is 0 Å². The molecule has 0 spiro atoms.